The zero-order valence-corrected chi connectivity index (χ0v) is 20.8. The summed E-state index contributed by atoms with van der Waals surface area (Å²) in [5.41, 5.74) is 4.44. The molecule has 2 aromatic heterocycles. The van der Waals surface area contributed by atoms with Crippen LogP contribution in [0.25, 0.3) is 5.69 Å². The van der Waals surface area contributed by atoms with Crippen molar-refractivity contribution < 1.29 is 13.2 Å². The lowest BCUT2D eigenvalue weighted by molar-refractivity contribution is -0.131. The SMILES string of the molecule is Cc1c2c(cn1C)-n1c(C)nnc1[C@H](CC(=O)N1CCCS(=O)(=O)C1)N=C2c1ccc(Cl)cc1. The molecule has 11 heteroatoms. The number of aliphatic imine (C=N–C) groups is 1. The van der Waals surface area contributed by atoms with Gasteiger partial charge in [0.05, 0.1) is 23.6 Å². The molecule has 0 spiro atoms. The third-order valence-electron chi connectivity index (χ3n) is 6.45. The summed E-state index contributed by atoms with van der Waals surface area (Å²) in [6, 6.07) is 6.82. The molecule has 1 fully saturated rings. The van der Waals surface area contributed by atoms with Crippen molar-refractivity contribution >= 4 is 33.1 Å². The molecule has 3 aromatic rings. The van der Waals surface area contributed by atoms with Gasteiger partial charge >= 0.3 is 0 Å². The highest BCUT2D eigenvalue weighted by Crippen LogP contribution is 2.35. The molecule has 0 unspecified atom stereocenters. The Hall–Kier alpha value is -2.98. The van der Waals surface area contributed by atoms with E-state index in [4.69, 9.17) is 16.6 Å². The predicted octanol–water partition coefficient (Wildman–Crippen LogP) is 2.76. The van der Waals surface area contributed by atoms with Crippen LogP contribution >= 0.6 is 11.6 Å². The number of sulfone groups is 1. The van der Waals surface area contributed by atoms with E-state index in [2.05, 4.69) is 10.2 Å². The van der Waals surface area contributed by atoms with Crippen LogP contribution in [0, 0.1) is 13.8 Å². The molecule has 0 saturated carbocycles. The normalized spacial score (nSPS) is 19.2. The summed E-state index contributed by atoms with van der Waals surface area (Å²) in [6.45, 7) is 4.31. The van der Waals surface area contributed by atoms with E-state index in [1.165, 1.54) is 4.90 Å². The van der Waals surface area contributed by atoms with Gasteiger partial charge in [-0.3, -0.25) is 14.4 Å². The van der Waals surface area contributed by atoms with Crippen molar-refractivity contribution in [3.8, 4) is 5.69 Å². The third kappa shape index (κ3) is 3.94. The van der Waals surface area contributed by atoms with Gasteiger partial charge in [0.1, 0.15) is 17.7 Å². The lowest BCUT2D eigenvalue weighted by Crippen LogP contribution is -2.42. The van der Waals surface area contributed by atoms with Crippen LogP contribution in [0.5, 0.6) is 0 Å². The summed E-state index contributed by atoms with van der Waals surface area (Å²) < 4.78 is 28.2. The van der Waals surface area contributed by atoms with Crippen LogP contribution in [-0.2, 0) is 21.7 Å². The number of fused-ring (bicyclic) bond motifs is 3. The highest BCUT2D eigenvalue weighted by atomic mass is 35.5. The van der Waals surface area contributed by atoms with Gasteiger partial charge in [-0.05, 0) is 32.4 Å². The fourth-order valence-electron chi connectivity index (χ4n) is 4.64. The number of aryl methyl sites for hydroxylation is 2. The van der Waals surface area contributed by atoms with Crippen molar-refractivity contribution in [1.29, 1.82) is 0 Å². The number of nitrogens with zero attached hydrogens (tertiary/aromatic N) is 6. The average Bonchev–Trinajstić information content (AvgIpc) is 3.26. The lowest BCUT2D eigenvalue weighted by atomic mass is 10.0. The Kier molecular flexibility index (Phi) is 5.60. The van der Waals surface area contributed by atoms with Crippen LogP contribution in [0.1, 0.15) is 47.4 Å². The summed E-state index contributed by atoms with van der Waals surface area (Å²) in [4.78, 5) is 19.7. The number of benzene rings is 1. The number of amides is 1. The van der Waals surface area contributed by atoms with Gasteiger partial charge < -0.3 is 9.47 Å². The molecule has 0 aliphatic carbocycles. The van der Waals surface area contributed by atoms with Gasteiger partial charge in [-0.15, -0.1) is 10.2 Å². The molecular weight excluding hydrogens is 476 g/mol. The Morgan fingerprint density at radius 1 is 1.18 bits per heavy atom. The molecule has 5 rings (SSSR count). The van der Waals surface area contributed by atoms with Crippen LogP contribution in [-0.4, -0.2) is 62.4 Å². The van der Waals surface area contributed by atoms with Crippen LogP contribution in [0.3, 0.4) is 0 Å². The molecular formula is C23H25ClN6O3S. The lowest BCUT2D eigenvalue weighted by Gasteiger charge is -2.27. The molecule has 0 bridgehead atoms. The van der Waals surface area contributed by atoms with E-state index in [0.717, 1.165) is 28.2 Å². The van der Waals surface area contributed by atoms with Crippen LogP contribution in [0.4, 0.5) is 0 Å². The van der Waals surface area contributed by atoms with Gasteiger partial charge in [0.15, 0.2) is 15.7 Å². The van der Waals surface area contributed by atoms with Crippen molar-refractivity contribution in [2.24, 2.45) is 12.0 Å². The van der Waals surface area contributed by atoms with Gasteiger partial charge in [-0.2, -0.15) is 0 Å². The Labute approximate surface area is 203 Å². The number of carbonyl (C=O) groups excluding carboxylic acids is 1. The molecule has 178 valence electrons. The van der Waals surface area contributed by atoms with Crippen LogP contribution in [0.15, 0.2) is 35.5 Å². The maximum absolute atomic E-state index is 13.2. The number of carbonyl (C=O) groups is 1. The summed E-state index contributed by atoms with van der Waals surface area (Å²) in [7, 11) is -1.29. The molecule has 9 nitrogen and oxygen atoms in total. The molecule has 1 saturated heterocycles. The van der Waals surface area contributed by atoms with E-state index in [1.54, 1.807) is 0 Å². The maximum atomic E-state index is 13.2. The van der Waals surface area contributed by atoms with Crippen LogP contribution in [0.2, 0.25) is 5.02 Å². The summed E-state index contributed by atoms with van der Waals surface area (Å²) in [5, 5.41) is 9.29. The second-order valence-electron chi connectivity index (χ2n) is 8.82. The Morgan fingerprint density at radius 3 is 2.62 bits per heavy atom. The van der Waals surface area contributed by atoms with E-state index < -0.39 is 15.9 Å². The fourth-order valence-corrected chi connectivity index (χ4v) is 6.21. The summed E-state index contributed by atoms with van der Waals surface area (Å²) >= 11 is 6.14. The van der Waals surface area contributed by atoms with E-state index in [0.29, 0.717) is 29.6 Å². The molecule has 34 heavy (non-hydrogen) atoms. The number of aromatic nitrogens is 4. The molecule has 1 amide bonds. The van der Waals surface area contributed by atoms with Crippen molar-refractivity contribution in [3.05, 3.63) is 64.0 Å². The van der Waals surface area contributed by atoms with Crippen molar-refractivity contribution in [2.75, 3.05) is 18.2 Å². The van der Waals surface area contributed by atoms with Crippen molar-refractivity contribution in [1.82, 2.24) is 24.2 Å². The minimum Gasteiger partial charge on any atom is -0.352 e. The van der Waals surface area contributed by atoms with E-state index >= 15 is 0 Å². The first-order valence-electron chi connectivity index (χ1n) is 11.0. The first kappa shape index (κ1) is 22.8. The maximum Gasteiger partial charge on any atom is 0.226 e. The van der Waals surface area contributed by atoms with Gasteiger partial charge in [0.25, 0.3) is 0 Å². The van der Waals surface area contributed by atoms with Gasteiger partial charge in [0.2, 0.25) is 5.91 Å². The Balaban J connectivity index is 1.64. The average molecular weight is 501 g/mol. The standard InChI is InChI=1S/C23H25ClN6O3S/c1-14-21-19(12-28(14)3)30-15(2)26-27-23(30)18(25-22(21)16-5-7-17(24)8-6-16)11-20(31)29-9-4-10-34(32,33)13-29/h5-8,12,18H,4,9-11,13H2,1-3H3/t18-/m0/s1. The zero-order valence-electron chi connectivity index (χ0n) is 19.2. The molecule has 0 N–H and O–H groups in total. The molecule has 0 radical (unpaired) electrons. The van der Waals surface area contributed by atoms with Gasteiger partial charge in [0, 0.05) is 41.6 Å². The molecule has 4 heterocycles. The van der Waals surface area contributed by atoms with E-state index in [-0.39, 0.29) is 24.0 Å². The highest BCUT2D eigenvalue weighted by molar-refractivity contribution is 7.91. The van der Waals surface area contributed by atoms with Gasteiger partial charge in [-0.25, -0.2) is 8.42 Å². The van der Waals surface area contributed by atoms with Crippen molar-refractivity contribution in [2.45, 2.75) is 32.7 Å². The monoisotopic (exact) mass is 500 g/mol. The quantitative estimate of drug-likeness (QED) is 0.550. The molecule has 2 aliphatic rings. The second-order valence-corrected chi connectivity index (χ2v) is 11.4. The first-order chi connectivity index (χ1) is 16.1. The van der Waals surface area contributed by atoms with Gasteiger partial charge in [-0.1, -0.05) is 23.7 Å². The minimum absolute atomic E-state index is 0.000188. The zero-order chi connectivity index (χ0) is 24.2. The number of rotatable bonds is 3. The first-order valence-corrected chi connectivity index (χ1v) is 13.2. The van der Waals surface area contributed by atoms with Crippen molar-refractivity contribution in [3.63, 3.8) is 0 Å². The smallest absolute Gasteiger partial charge is 0.226 e. The second kappa shape index (κ2) is 8.35. The van der Waals surface area contributed by atoms with Crippen LogP contribution < -0.4 is 0 Å². The predicted molar refractivity (Wildman–Crippen MR) is 129 cm³/mol. The molecule has 1 aromatic carbocycles. The van der Waals surface area contributed by atoms with E-state index in [9.17, 15) is 13.2 Å². The molecule has 2 aliphatic heterocycles. The number of hydrogen-bond donors (Lipinski definition) is 0. The number of halogens is 1. The summed E-state index contributed by atoms with van der Waals surface area (Å²) in [6.07, 6.45) is 2.45. The molecule has 1 atom stereocenters. The third-order valence-corrected chi connectivity index (χ3v) is 8.32. The minimum atomic E-state index is -3.26. The summed E-state index contributed by atoms with van der Waals surface area (Å²) in [5.74, 6) is 0.845. The Bertz CT molecular complexity index is 1420. The Morgan fingerprint density at radius 2 is 1.91 bits per heavy atom. The highest BCUT2D eigenvalue weighted by Gasteiger charge is 2.34. The van der Waals surface area contributed by atoms with E-state index in [1.807, 2.05) is 60.5 Å². The fraction of sp³-hybridized carbons (Fsp3) is 0.391. The number of hydrogen-bond acceptors (Lipinski definition) is 6. The largest absolute Gasteiger partial charge is 0.352 e. The topological polar surface area (TPSA) is 102 Å².